The van der Waals surface area contributed by atoms with Gasteiger partial charge in [-0.05, 0) is 50.4 Å². The molecular weight excluding hydrogens is 248 g/mol. The molecule has 3 nitrogen and oxygen atoms in total. The van der Waals surface area contributed by atoms with Crippen molar-refractivity contribution in [1.29, 1.82) is 0 Å². The van der Waals surface area contributed by atoms with Gasteiger partial charge in [0.1, 0.15) is 0 Å². The van der Waals surface area contributed by atoms with Crippen LogP contribution in [0.25, 0.3) is 6.08 Å². The lowest BCUT2D eigenvalue weighted by Gasteiger charge is -2.51. The van der Waals surface area contributed by atoms with Gasteiger partial charge in [-0.1, -0.05) is 30.3 Å². The highest BCUT2D eigenvalue weighted by atomic mass is 16.1. The Morgan fingerprint density at radius 3 is 2.60 bits per heavy atom. The predicted octanol–water partition coefficient (Wildman–Crippen LogP) is 2.30. The Bertz CT molecular complexity index is 503. The number of amides is 1. The molecule has 1 atom stereocenters. The third kappa shape index (κ3) is 2.78. The van der Waals surface area contributed by atoms with E-state index in [9.17, 15) is 4.79 Å². The molecule has 20 heavy (non-hydrogen) atoms. The van der Waals surface area contributed by atoms with E-state index in [2.05, 4.69) is 17.1 Å². The first-order valence-electron chi connectivity index (χ1n) is 7.43. The van der Waals surface area contributed by atoms with Crippen LogP contribution in [0.3, 0.4) is 0 Å². The summed E-state index contributed by atoms with van der Waals surface area (Å²) >= 11 is 0. The van der Waals surface area contributed by atoms with E-state index < -0.39 is 0 Å². The molecule has 3 aliphatic rings. The van der Waals surface area contributed by atoms with Crippen molar-refractivity contribution in [3.05, 3.63) is 42.0 Å². The molecule has 1 aromatic carbocycles. The van der Waals surface area contributed by atoms with Crippen molar-refractivity contribution in [1.82, 2.24) is 10.2 Å². The quantitative estimate of drug-likeness (QED) is 0.855. The largest absolute Gasteiger partial charge is 0.346 e. The number of hydrogen-bond donors (Lipinski definition) is 1. The van der Waals surface area contributed by atoms with Gasteiger partial charge < -0.3 is 10.2 Å². The highest BCUT2D eigenvalue weighted by molar-refractivity contribution is 5.92. The number of nitrogens with zero attached hydrogens (tertiary/aromatic N) is 1. The molecule has 4 rings (SSSR count). The van der Waals surface area contributed by atoms with Crippen molar-refractivity contribution in [3.8, 4) is 0 Å². The molecule has 3 fully saturated rings. The lowest BCUT2D eigenvalue weighted by Crippen LogP contribution is -2.65. The molecule has 0 radical (unpaired) electrons. The van der Waals surface area contributed by atoms with Crippen LogP contribution in [0, 0.1) is 5.92 Å². The summed E-state index contributed by atoms with van der Waals surface area (Å²) in [5.74, 6) is 0.645. The summed E-state index contributed by atoms with van der Waals surface area (Å²) in [6, 6.07) is 9.93. The second-order valence-electron chi connectivity index (χ2n) is 6.20. The van der Waals surface area contributed by atoms with Gasteiger partial charge in [-0.15, -0.1) is 0 Å². The number of carbonyl (C=O) groups is 1. The maximum Gasteiger partial charge on any atom is 0.244 e. The molecule has 1 amide bonds. The third-order valence-corrected chi connectivity index (χ3v) is 4.68. The minimum atomic E-state index is -0.0609. The van der Waals surface area contributed by atoms with Gasteiger partial charge in [0.25, 0.3) is 0 Å². The van der Waals surface area contributed by atoms with E-state index in [0.29, 0.717) is 5.92 Å². The number of rotatable bonds is 3. The lowest BCUT2D eigenvalue weighted by atomic mass is 9.74. The maximum atomic E-state index is 12.1. The molecule has 1 aromatic rings. The van der Waals surface area contributed by atoms with Crippen LogP contribution in [0.2, 0.25) is 0 Å². The van der Waals surface area contributed by atoms with Gasteiger partial charge in [0, 0.05) is 12.6 Å². The van der Waals surface area contributed by atoms with Gasteiger partial charge in [-0.25, -0.2) is 0 Å². The van der Waals surface area contributed by atoms with Crippen LogP contribution in [0.5, 0.6) is 0 Å². The van der Waals surface area contributed by atoms with Crippen molar-refractivity contribution in [2.75, 3.05) is 19.6 Å². The van der Waals surface area contributed by atoms with Crippen LogP contribution in [0.15, 0.2) is 36.4 Å². The van der Waals surface area contributed by atoms with Crippen LogP contribution in [-0.2, 0) is 4.79 Å². The van der Waals surface area contributed by atoms with Crippen molar-refractivity contribution < 1.29 is 4.79 Å². The molecule has 3 saturated heterocycles. The molecule has 0 saturated carbocycles. The van der Waals surface area contributed by atoms with Crippen molar-refractivity contribution in [3.63, 3.8) is 0 Å². The average Bonchev–Trinajstić information content (AvgIpc) is 2.47. The molecule has 1 N–H and O–H groups in total. The fourth-order valence-electron chi connectivity index (χ4n) is 3.52. The van der Waals surface area contributed by atoms with Crippen LogP contribution in [0.4, 0.5) is 0 Å². The van der Waals surface area contributed by atoms with Gasteiger partial charge in [0.05, 0.1) is 5.54 Å². The number of hydrogen-bond acceptors (Lipinski definition) is 2. The van der Waals surface area contributed by atoms with Crippen LogP contribution >= 0.6 is 0 Å². The lowest BCUT2D eigenvalue weighted by molar-refractivity contribution is -0.120. The monoisotopic (exact) mass is 270 g/mol. The standard InChI is InChI=1S/C17H22N2O/c1-17(13-19-11-9-15(17)10-12-19)18-16(20)8-7-14-5-3-2-4-6-14/h2-8,15H,9-13H2,1H3,(H,18,20)/b8-7+. The smallest absolute Gasteiger partial charge is 0.244 e. The van der Waals surface area contributed by atoms with Gasteiger partial charge in [-0.3, -0.25) is 4.79 Å². The van der Waals surface area contributed by atoms with E-state index in [1.165, 1.54) is 25.9 Å². The second kappa shape index (κ2) is 5.41. The van der Waals surface area contributed by atoms with E-state index in [-0.39, 0.29) is 11.4 Å². The van der Waals surface area contributed by atoms with E-state index in [1.807, 2.05) is 36.4 Å². The molecule has 2 bridgehead atoms. The predicted molar refractivity (Wildman–Crippen MR) is 81.2 cm³/mol. The highest BCUT2D eigenvalue weighted by Crippen LogP contribution is 2.35. The number of nitrogens with one attached hydrogen (secondary N) is 1. The second-order valence-corrected chi connectivity index (χ2v) is 6.20. The van der Waals surface area contributed by atoms with E-state index in [1.54, 1.807) is 6.08 Å². The minimum absolute atomic E-state index is 0.0186. The zero-order valence-electron chi connectivity index (χ0n) is 12.0. The molecule has 0 aromatic heterocycles. The zero-order chi connectivity index (χ0) is 14.0. The summed E-state index contributed by atoms with van der Waals surface area (Å²) in [7, 11) is 0. The summed E-state index contributed by atoms with van der Waals surface area (Å²) in [6.45, 7) is 5.56. The molecule has 0 aliphatic carbocycles. The normalized spacial score (nSPS) is 32.5. The zero-order valence-corrected chi connectivity index (χ0v) is 12.0. The van der Waals surface area contributed by atoms with Crippen LogP contribution in [0.1, 0.15) is 25.3 Å². The summed E-state index contributed by atoms with van der Waals surface area (Å²) in [5, 5.41) is 3.23. The van der Waals surface area contributed by atoms with Crippen molar-refractivity contribution in [2.45, 2.75) is 25.3 Å². The average molecular weight is 270 g/mol. The van der Waals surface area contributed by atoms with Gasteiger partial charge in [-0.2, -0.15) is 0 Å². The topological polar surface area (TPSA) is 32.3 Å². The minimum Gasteiger partial charge on any atom is -0.346 e. The summed E-state index contributed by atoms with van der Waals surface area (Å²) in [4.78, 5) is 14.6. The fourth-order valence-corrected chi connectivity index (χ4v) is 3.52. The van der Waals surface area contributed by atoms with Gasteiger partial charge in [0.15, 0.2) is 0 Å². The Labute approximate surface area is 120 Å². The Morgan fingerprint density at radius 2 is 2.00 bits per heavy atom. The SMILES string of the molecule is CC1(NC(=O)/C=C/c2ccccc2)CN2CCC1CC2. The Morgan fingerprint density at radius 1 is 1.30 bits per heavy atom. The maximum absolute atomic E-state index is 12.1. The molecule has 3 aliphatic heterocycles. The van der Waals surface area contributed by atoms with Gasteiger partial charge >= 0.3 is 0 Å². The first-order valence-corrected chi connectivity index (χ1v) is 7.43. The van der Waals surface area contributed by atoms with Crippen LogP contribution in [-0.4, -0.2) is 36.0 Å². The summed E-state index contributed by atoms with van der Waals surface area (Å²) in [5.41, 5.74) is 0.996. The number of fused-ring (bicyclic) bond motifs is 3. The fraction of sp³-hybridized carbons (Fsp3) is 0.471. The first kappa shape index (κ1) is 13.4. The summed E-state index contributed by atoms with van der Waals surface area (Å²) < 4.78 is 0. The van der Waals surface area contributed by atoms with E-state index in [4.69, 9.17) is 0 Å². The number of carbonyl (C=O) groups excluding carboxylic acids is 1. The molecule has 1 unspecified atom stereocenters. The first-order chi connectivity index (χ1) is 9.66. The van der Waals surface area contributed by atoms with E-state index in [0.717, 1.165) is 12.1 Å². The van der Waals surface area contributed by atoms with Gasteiger partial charge in [0.2, 0.25) is 5.91 Å². The third-order valence-electron chi connectivity index (χ3n) is 4.68. The molecule has 3 heterocycles. The number of benzene rings is 1. The molecule has 3 heteroatoms. The molecule has 0 spiro atoms. The van der Waals surface area contributed by atoms with E-state index >= 15 is 0 Å². The van der Waals surface area contributed by atoms with Crippen molar-refractivity contribution >= 4 is 12.0 Å². The Kier molecular flexibility index (Phi) is 3.62. The Hall–Kier alpha value is -1.61. The molecular formula is C17H22N2O. The molecule has 106 valence electrons. The number of piperidine rings is 3. The van der Waals surface area contributed by atoms with Crippen LogP contribution < -0.4 is 5.32 Å². The van der Waals surface area contributed by atoms with Crippen molar-refractivity contribution in [2.24, 2.45) is 5.92 Å². The Balaban J connectivity index is 1.63. The summed E-state index contributed by atoms with van der Waals surface area (Å²) in [6.07, 6.45) is 5.94. The highest BCUT2D eigenvalue weighted by Gasteiger charge is 2.43.